The summed E-state index contributed by atoms with van der Waals surface area (Å²) < 4.78 is 29.8. The van der Waals surface area contributed by atoms with E-state index in [1.165, 1.54) is 30.3 Å². The van der Waals surface area contributed by atoms with Crippen LogP contribution in [-0.2, 0) is 6.42 Å². The fourth-order valence-electron chi connectivity index (χ4n) is 4.23. The van der Waals surface area contributed by atoms with Crippen LogP contribution < -0.4 is 16.0 Å². The number of anilines is 4. The van der Waals surface area contributed by atoms with Crippen molar-refractivity contribution in [3.63, 3.8) is 0 Å². The molecular formula is C28H21F2N5O2. The number of fused-ring (bicyclic) bond motifs is 3. The minimum atomic E-state index is -1.02. The van der Waals surface area contributed by atoms with Crippen molar-refractivity contribution < 1.29 is 18.7 Å². The van der Waals surface area contributed by atoms with Crippen LogP contribution in [0.4, 0.5) is 31.8 Å². The number of nitrogens with zero attached hydrogens (tertiary/aromatic N) is 3. The average Bonchev–Trinajstić information content (AvgIpc) is 3.04. The van der Waals surface area contributed by atoms with Gasteiger partial charge in [0.2, 0.25) is 5.95 Å². The normalized spacial score (nSPS) is 12.0. The van der Waals surface area contributed by atoms with Crippen molar-refractivity contribution in [2.24, 2.45) is 5.73 Å². The number of benzene rings is 3. The zero-order chi connectivity index (χ0) is 25.9. The molecule has 7 nitrogen and oxygen atoms in total. The van der Waals surface area contributed by atoms with E-state index in [-0.39, 0.29) is 17.8 Å². The van der Waals surface area contributed by atoms with Gasteiger partial charge in [-0.15, -0.1) is 0 Å². The number of aromatic carboxylic acids is 1. The second kappa shape index (κ2) is 10.0. The van der Waals surface area contributed by atoms with Gasteiger partial charge in [0, 0.05) is 29.6 Å². The van der Waals surface area contributed by atoms with Crippen LogP contribution >= 0.6 is 0 Å². The highest BCUT2D eigenvalue weighted by molar-refractivity contribution is 5.88. The molecule has 2 heterocycles. The summed E-state index contributed by atoms with van der Waals surface area (Å²) in [6.45, 7) is 0.472. The van der Waals surface area contributed by atoms with Gasteiger partial charge in [-0.3, -0.25) is 0 Å². The van der Waals surface area contributed by atoms with Crippen molar-refractivity contribution in [3.8, 4) is 23.1 Å². The molecule has 0 spiro atoms. The molecule has 9 heteroatoms. The van der Waals surface area contributed by atoms with Crippen molar-refractivity contribution in [1.29, 1.82) is 0 Å². The van der Waals surface area contributed by atoms with Crippen LogP contribution in [0.5, 0.6) is 0 Å². The van der Waals surface area contributed by atoms with E-state index in [1.807, 2.05) is 12.1 Å². The SMILES string of the molecule is NCC#Cc1ccc2c(c1)N(c1c(F)cccc1F)CCc1cnc(Nc3ccc(C(=O)O)cc3)nc1-2. The highest BCUT2D eigenvalue weighted by atomic mass is 19.1. The molecule has 0 aliphatic carbocycles. The lowest BCUT2D eigenvalue weighted by molar-refractivity contribution is 0.0697. The smallest absolute Gasteiger partial charge is 0.335 e. The first-order valence-corrected chi connectivity index (χ1v) is 11.5. The lowest BCUT2D eigenvalue weighted by Crippen LogP contribution is -2.22. The minimum Gasteiger partial charge on any atom is -0.478 e. The molecule has 0 bridgehead atoms. The van der Waals surface area contributed by atoms with Crippen LogP contribution in [0.2, 0.25) is 0 Å². The Morgan fingerprint density at radius 3 is 2.57 bits per heavy atom. The molecule has 0 fully saturated rings. The molecule has 0 unspecified atom stereocenters. The van der Waals surface area contributed by atoms with Crippen LogP contribution in [0.1, 0.15) is 21.5 Å². The summed E-state index contributed by atoms with van der Waals surface area (Å²) >= 11 is 0. The van der Waals surface area contributed by atoms with E-state index >= 15 is 0 Å². The first-order chi connectivity index (χ1) is 17.9. The molecule has 4 aromatic rings. The van der Waals surface area contributed by atoms with Gasteiger partial charge in [-0.05, 0) is 66.6 Å². The summed E-state index contributed by atoms with van der Waals surface area (Å²) in [5.74, 6) is 3.72. The topological polar surface area (TPSA) is 104 Å². The number of para-hydroxylation sites is 1. The molecule has 5 rings (SSSR count). The number of hydrogen-bond donors (Lipinski definition) is 3. The number of nitrogens with one attached hydrogen (secondary N) is 1. The maximum Gasteiger partial charge on any atom is 0.335 e. The first kappa shape index (κ1) is 23.9. The van der Waals surface area contributed by atoms with Crippen molar-refractivity contribution in [1.82, 2.24) is 9.97 Å². The van der Waals surface area contributed by atoms with E-state index in [9.17, 15) is 13.6 Å². The minimum absolute atomic E-state index is 0.148. The molecule has 1 aromatic heterocycles. The molecule has 1 aliphatic heterocycles. The van der Waals surface area contributed by atoms with E-state index in [0.29, 0.717) is 47.1 Å². The summed E-state index contributed by atoms with van der Waals surface area (Å²) in [5, 5.41) is 12.2. The average molecular weight is 498 g/mol. The Morgan fingerprint density at radius 2 is 1.86 bits per heavy atom. The quantitative estimate of drug-likeness (QED) is 0.346. The zero-order valence-electron chi connectivity index (χ0n) is 19.5. The fourth-order valence-corrected chi connectivity index (χ4v) is 4.23. The Hall–Kier alpha value is -4.81. The maximum absolute atomic E-state index is 14.9. The van der Waals surface area contributed by atoms with E-state index in [4.69, 9.17) is 15.8 Å². The number of nitrogens with two attached hydrogens (primary N) is 1. The predicted octanol–water partition coefficient (Wildman–Crippen LogP) is 4.87. The van der Waals surface area contributed by atoms with Crippen LogP contribution in [0, 0.1) is 23.5 Å². The molecule has 1 aliphatic rings. The van der Waals surface area contributed by atoms with Crippen LogP contribution in [0.15, 0.2) is 66.9 Å². The first-order valence-electron chi connectivity index (χ1n) is 11.5. The van der Waals surface area contributed by atoms with Crippen molar-refractivity contribution in [2.75, 3.05) is 23.3 Å². The Morgan fingerprint density at radius 1 is 1.11 bits per heavy atom. The number of halogens is 2. The fraction of sp³-hybridized carbons (Fsp3) is 0.107. The summed E-state index contributed by atoms with van der Waals surface area (Å²) in [5.41, 5.74) is 9.46. The molecular weight excluding hydrogens is 476 g/mol. The molecule has 0 radical (unpaired) electrons. The summed E-state index contributed by atoms with van der Waals surface area (Å²) in [6.07, 6.45) is 2.12. The van der Waals surface area contributed by atoms with Crippen LogP contribution in [0.25, 0.3) is 11.3 Å². The third kappa shape index (κ3) is 4.83. The van der Waals surface area contributed by atoms with Gasteiger partial charge in [0.05, 0.1) is 23.5 Å². The lowest BCUT2D eigenvalue weighted by Gasteiger charge is -2.26. The second-order valence-electron chi connectivity index (χ2n) is 8.28. The Labute approximate surface area is 211 Å². The predicted molar refractivity (Wildman–Crippen MR) is 137 cm³/mol. The molecule has 0 saturated heterocycles. The number of aromatic nitrogens is 2. The summed E-state index contributed by atoms with van der Waals surface area (Å²) in [6, 6.07) is 15.4. The second-order valence-corrected chi connectivity index (χ2v) is 8.28. The largest absolute Gasteiger partial charge is 0.478 e. The Balaban J connectivity index is 1.60. The number of carboxylic acid groups (broad SMARTS) is 1. The maximum atomic E-state index is 14.9. The van der Waals surface area contributed by atoms with Gasteiger partial charge in [-0.25, -0.2) is 23.5 Å². The van der Waals surface area contributed by atoms with Crippen LogP contribution in [0.3, 0.4) is 0 Å². The van der Waals surface area contributed by atoms with Gasteiger partial charge in [0.1, 0.15) is 17.3 Å². The summed E-state index contributed by atoms with van der Waals surface area (Å²) in [4.78, 5) is 21.9. The molecule has 3 aromatic carbocycles. The number of carboxylic acids is 1. The van der Waals surface area contributed by atoms with Gasteiger partial charge >= 0.3 is 5.97 Å². The third-order valence-electron chi connectivity index (χ3n) is 5.94. The molecule has 0 amide bonds. The lowest BCUT2D eigenvalue weighted by atomic mass is 10.0. The van der Waals surface area contributed by atoms with Gasteiger partial charge in [0.25, 0.3) is 0 Å². The number of carbonyl (C=O) groups is 1. The molecule has 4 N–H and O–H groups in total. The van der Waals surface area contributed by atoms with E-state index in [0.717, 1.165) is 5.56 Å². The highest BCUT2D eigenvalue weighted by Gasteiger charge is 2.26. The van der Waals surface area contributed by atoms with E-state index in [1.54, 1.807) is 29.3 Å². The van der Waals surface area contributed by atoms with E-state index in [2.05, 4.69) is 22.1 Å². The zero-order valence-corrected chi connectivity index (χ0v) is 19.5. The summed E-state index contributed by atoms with van der Waals surface area (Å²) in [7, 11) is 0. The Kier molecular flexibility index (Phi) is 6.49. The van der Waals surface area contributed by atoms with Crippen molar-refractivity contribution in [2.45, 2.75) is 6.42 Å². The molecule has 0 saturated carbocycles. The van der Waals surface area contributed by atoms with Crippen LogP contribution in [-0.4, -0.2) is 34.1 Å². The van der Waals surface area contributed by atoms with Gasteiger partial charge in [-0.1, -0.05) is 17.9 Å². The Bertz CT molecular complexity index is 1540. The van der Waals surface area contributed by atoms with Crippen molar-refractivity contribution >= 4 is 29.0 Å². The van der Waals surface area contributed by atoms with Crippen molar-refractivity contribution in [3.05, 3.63) is 95.2 Å². The van der Waals surface area contributed by atoms with Gasteiger partial charge < -0.3 is 21.1 Å². The van der Waals surface area contributed by atoms with Gasteiger partial charge in [0.15, 0.2) is 0 Å². The highest BCUT2D eigenvalue weighted by Crippen LogP contribution is 2.41. The molecule has 37 heavy (non-hydrogen) atoms. The van der Waals surface area contributed by atoms with Gasteiger partial charge in [-0.2, -0.15) is 0 Å². The van der Waals surface area contributed by atoms with E-state index < -0.39 is 17.6 Å². The number of rotatable bonds is 4. The third-order valence-corrected chi connectivity index (χ3v) is 5.94. The molecule has 184 valence electrons. The monoisotopic (exact) mass is 497 g/mol. The standard InChI is InChI=1S/C28H21F2N5O2/c29-22-4-1-5-23(30)26(22)35-14-12-19-16-32-28(33-20-9-7-18(8-10-20)27(36)37)34-25(19)21-11-6-17(3-2-13-31)15-24(21)35/h1,4-11,15-16H,12-14,31H2,(H,36,37)(H,32,33,34). The number of hydrogen-bond acceptors (Lipinski definition) is 6. The molecule has 0 atom stereocenters.